The van der Waals surface area contributed by atoms with E-state index in [1.54, 1.807) is 21.6 Å². The Morgan fingerprint density at radius 1 is 1.37 bits per heavy atom. The summed E-state index contributed by atoms with van der Waals surface area (Å²) in [6.07, 6.45) is 1.70. The lowest BCUT2D eigenvalue weighted by Crippen LogP contribution is -2.52. The Morgan fingerprint density at radius 2 is 2.16 bits per heavy atom. The van der Waals surface area contributed by atoms with E-state index < -0.39 is 12.0 Å². The summed E-state index contributed by atoms with van der Waals surface area (Å²) >= 11 is 1.57. The summed E-state index contributed by atoms with van der Waals surface area (Å²) in [5.74, 6) is -0.407. The molecule has 19 heavy (non-hydrogen) atoms. The molecule has 6 nitrogen and oxygen atoms in total. The van der Waals surface area contributed by atoms with Gasteiger partial charge in [0.2, 0.25) is 0 Å². The maximum Gasteiger partial charge on any atom is 0.327 e. The van der Waals surface area contributed by atoms with E-state index in [9.17, 15) is 14.7 Å². The average Bonchev–Trinajstić information content (AvgIpc) is 2.64. The Bertz CT molecular complexity index is 345. The molecule has 2 aliphatic rings. The number of rotatable bonds is 2. The second-order valence-corrected chi connectivity index (χ2v) is 6.04. The first-order valence-corrected chi connectivity index (χ1v) is 7.82. The van der Waals surface area contributed by atoms with Crippen LogP contribution < -0.4 is 5.32 Å². The van der Waals surface area contributed by atoms with Crippen LogP contribution in [0.2, 0.25) is 0 Å². The topological polar surface area (TPSA) is 72.9 Å². The summed E-state index contributed by atoms with van der Waals surface area (Å²) in [4.78, 5) is 27.2. The Hall–Kier alpha value is -0.950. The highest BCUT2D eigenvalue weighted by molar-refractivity contribution is 8.00. The quantitative estimate of drug-likeness (QED) is 0.780. The summed E-state index contributed by atoms with van der Waals surface area (Å²) < 4.78 is 0. The van der Waals surface area contributed by atoms with Gasteiger partial charge in [0.1, 0.15) is 6.04 Å². The molecule has 0 aromatic heterocycles. The molecule has 108 valence electrons. The van der Waals surface area contributed by atoms with Crippen LogP contribution in [-0.4, -0.2) is 70.3 Å². The first-order chi connectivity index (χ1) is 9.15. The zero-order valence-corrected chi connectivity index (χ0v) is 12.0. The second-order valence-electron chi connectivity index (χ2n) is 4.83. The van der Waals surface area contributed by atoms with Crippen molar-refractivity contribution in [3.8, 4) is 0 Å². The predicted molar refractivity (Wildman–Crippen MR) is 74.3 cm³/mol. The molecule has 2 saturated heterocycles. The number of hydrogen-bond donors (Lipinski definition) is 2. The zero-order chi connectivity index (χ0) is 13.8. The number of nitrogens with one attached hydrogen (secondary N) is 1. The smallest absolute Gasteiger partial charge is 0.327 e. The lowest BCUT2D eigenvalue weighted by Gasteiger charge is -2.32. The van der Waals surface area contributed by atoms with Crippen LogP contribution in [0.5, 0.6) is 0 Å². The van der Waals surface area contributed by atoms with Crippen molar-refractivity contribution < 1.29 is 14.7 Å². The molecule has 2 amide bonds. The number of aliphatic carboxylic acids is 1. The molecule has 2 aliphatic heterocycles. The third kappa shape index (κ3) is 3.14. The van der Waals surface area contributed by atoms with Crippen molar-refractivity contribution in [3.63, 3.8) is 0 Å². The van der Waals surface area contributed by atoms with Gasteiger partial charge >= 0.3 is 12.0 Å². The van der Waals surface area contributed by atoms with Gasteiger partial charge in [-0.15, -0.1) is 11.8 Å². The van der Waals surface area contributed by atoms with E-state index in [-0.39, 0.29) is 11.4 Å². The summed E-state index contributed by atoms with van der Waals surface area (Å²) in [6.45, 7) is 5.05. The van der Waals surface area contributed by atoms with Crippen molar-refractivity contribution in [3.05, 3.63) is 0 Å². The first kappa shape index (κ1) is 14.5. The van der Waals surface area contributed by atoms with Gasteiger partial charge in [0.05, 0.1) is 5.37 Å². The lowest BCUT2D eigenvalue weighted by molar-refractivity contribution is -0.141. The molecular weight excluding hydrogens is 266 g/mol. The van der Waals surface area contributed by atoms with Crippen molar-refractivity contribution in [2.75, 3.05) is 31.9 Å². The standard InChI is InChI=1S/C12H21N3O3S/c1-2-10-15(9(8-19-10)11(16)17)12(18)14-6-3-4-13-5-7-14/h9-10,13H,2-8H2,1H3,(H,16,17). The number of carbonyl (C=O) groups is 2. The maximum absolute atomic E-state index is 12.6. The minimum absolute atomic E-state index is 0.00943. The van der Waals surface area contributed by atoms with Gasteiger partial charge in [0, 0.05) is 25.4 Å². The molecular formula is C12H21N3O3S. The fourth-order valence-electron chi connectivity index (χ4n) is 2.53. The molecule has 2 heterocycles. The average molecular weight is 287 g/mol. The Labute approximate surface area is 117 Å². The molecule has 0 aromatic rings. The number of thioether (sulfide) groups is 1. The van der Waals surface area contributed by atoms with Crippen LogP contribution in [0.1, 0.15) is 19.8 Å². The highest BCUT2D eigenvalue weighted by atomic mass is 32.2. The Balaban J connectivity index is 2.10. The Kier molecular flexibility index (Phi) is 4.93. The number of urea groups is 1. The van der Waals surface area contributed by atoms with Gasteiger partial charge in [0.15, 0.2) is 0 Å². The van der Waals surface area contributed by atoms with Gasteiger partial charge in [-0.05, 0) is 19.4 Å². The number of nitrogens with zero attached hydrogens (tertiary/aromatic N) is 2. The monoisotopic (exact) mass is 287 g/mol. The third-order valence-corrected chi connectivity index (χ3v) is 5.01. The second kappa shape index (κ2) is 6.47. The highest BCUT2D eigenvalue weighted by Crippen LogP contribution is 2.32. The summed E-state index contributed by atoms with van der Waals surface area (Å²) in [5, 5.41) is 12.5. The van der Waals surface area contributed by atoms with Crippen LogP contribution in [0.4, 0.5) is 4.79 Å². The minimum atomic E-state index is -0.898. The van der Waals surface area contributed by atoms with E-state index in [0.717, 1.165) is 25.9 Å². The van der Waals surface area contributed by atoms with Gasteiger partial charge in [0.25, 0.3) is 0 Å². The van der Waals surface area contributed by atoms with E-state index in [0.29, 0.717) is 18.8 Å². The highest BCUT2D eigenvalue weighted by Gasteiger charge is 2.42. The number of carboxylic acid groups (broad SMARTS) is 1. The molecule has 7 heteroatoms. The van der Waals surface area contributed by atoms with E-state index in [1.807, 2.05) is 6.92 Å². The largest absolute Gasteiger partial charge is 0.480 e. The Morgan fingerprint density at radius 3 is 2.84 bits per heavy atom. The molecule has 0 aromatic carbocycles. The van der Waals surface area contributed by atoms with Crippen LogP contribution in [0.3, 0.4) is 0 Å². The number of carboxylic acids is 1. The molecule has 0 radical (unpaired) electrons. The maximum atomic E-state index is 12.6. The molecule has 0 spiro atoms. The summed E-state index contributed by atoms with van der Waals surface area (Å²) in [7, 11) is 0. The normalized spacial score (nSPS) is 28.3. The van der Waals surface area contributed by atoms with Crippen molar-refractivity contribution in [2.24, 2.45) is 0 Å². The van der Waals surface area contributed by atoms with Crippen LogP contribution in [0.15, 0.2) is 0 Å². The van der Waals surface area contributed by atoms with Gasteiger partial charge in [-0.1, -0.05) is 6.92 Å². The SMILES string of the molecule is CCC1SCC(C(=O)O)N1C(=O)N1CCCNCC1. The van der Waals surface area contributed by atoms with Crippen molar-refractivity contribution >= 4 is 23.8 Å². The molecule has 2 atom stereocenters. The minimum Gasteiger partial charge on any atom is -0.480 e. The zero-order valence-electron chi connectivity index (χ0n) is 11.2. The van der Waals surface area contributed by atoms with Crippen LogP contribution in [-0.2, 0) is 4.79 Å². The number of carbonyl (C=O) groups excluding carboxylic acids is 1. The fraction of sp³-hybridized carbons (Fsp3) is 0.833. The van der Waals surface area contributed by atoms with E-state index in [2.05, 4.69) is 5.32 Å². The van der Waals surface area contributed by atoms with Crippen LogP contribution in [0, 0.1) is 0 Å². The van der Waals surface area contributed by atoms with E-state index in [4.69, 9.17) is 0 Å². The third-order valence-electron chi connectivity index (χ3n) is 3.56. The van der Waals surface area contributed by atoms with Crippen molar-refractivity contribution in [2.45, 2.75) is 31.2 Å². The van der Waals surface area contributed by atoms with E-state index in [1.165, 1.54) is 0 Å². The molecule has 2 fully saturated rings. The summed E-state index contributed by atoms with van der Waals surface area (Å²) in [6, 6.07) is -0.799. The van der Waals surface area contributed by atoms with Gasteiger partial charge in [-0.2, -0.15) is 0 Å². The molecule has 0 saturated carbocycles. The van der Waals surface area contributed by atoms with Crippen LogP contribution in [0.25, 0.3) is 0 Å². The molecule has 2 N–H and O–H groups in total. The molecule has 2 rings (SSSR count). The van der Waals surface area contributed by atoms with Gasteiger partial charge in [-0.3, -0.25) is 4.90 Å². The number of amides is 2. The molecule has 2 unspecified atom stereocenters. The number of hydrogen-bond acceptors (Lipinski definition) is 4. The van der Waals surface area contributed by atoms with Crippen molar-refractivity contribution in [1.82, 2.24) is 15.1 Å². The van der Waals surface area contributed by atoms with Crippen LogP contribution >= 0.6 is 11.8 Å². The lowest BCUT2D eigenvalue weighted by atomic mass is 10.2. The molecule has 0 aliphatic carbocycles. The van der Waals surface area contributed by atoms with Crippen molar-refractivity contribution in [1.29, 1.82) is 0 Å². The molecule has 0 bridgehead atoms. The fourth-order valence-corrected chi connectivity index (χ4v) is 3.87. The summed E-state index contributed by atoms with van der Waals surface area (Å²) in [5.41, 5.74) is 0. The first-order valence-electron chi connectivity index (χ1n) is 6.77. The van der Waals surface area contributed by atoms with Gasteiger partial charge < -0.3 is 15.3 Å². The van der Waals surface area contributed by atoms with E-state index >= 15 is 0 Å². The van der Waals surface area contributed by atoms with Gasteiger partial charge in [-0.25, -0.2) is 9.59 Å². The predicted octanol–water partition coefficient (Wildman–Crippen LogP) is 0.640.